The lowest BCUT2D eigenvalue weighted by Gasteiger charge is -2.28. The van der Waals surface area contributed by atoms with Crippen LogP contribution in [0.1, 0.15) is 51.5 Å². The Bertz CT molecular complexity index is 1110. The third-order valence-electron chi connectivity index (χ3n) is 7.58. The van der Waals surface area contributed by atoms with Gasteiger partial charge in [0.2, 0.25) is 10.0 Å². The number of likely N-dealkylation sites (N-methyl/N-ethyl adjacent to an activating group) is 1. The Morgan fingerprint density at radius 1 is 1.11 bits per heavy atom. The Balaban J connectivity index is 1.58. The van der Waals surface area contributed by atoms with Gasteiger partial charge in [-0.2, -0.15) is 4.31 Å². The van der Waals surface area contributed by atoms with Gasteiger partial charge >= 0.3 is 0 Å². The average Bonchev–Trinajstić information content (AvgIpc) is 3.35. The minimum absolute atomic E-state index is 0.109. The van der Waals surface area contributed by atoms with Crippen molar-refractivity contribution in [2.24, 2.45) is 0 Å². The first kappa shape index (κ1) is 27.9. The predicted octanol–water partition coefficient (Wildman–Crippen LogP) is 4.76. The van der Waals surface area contributed by atoms with E-state index in [0.717, 1.165) is 56.4 Å². The van der Waals surface area contributed by atoms with Gasteiger partial charge in [0.1, 0.15) is 16.7 Å². The van der Waals surface area contributed by atoms with Gasteiger partial charge < -0.3 is 19.3 Å². The summed E-state index contributed by atoms with van der Waals surface area (Å²) in [5.41, 5.74) is 2.09. The predicted molar refractivity (Wildman–Crippen MR) is 149 cm³/mol. The number of unbranched alkanes of at least 4 members (excludes halogenated alkanes) is 2. The molecular weight excluding hydrogens is 486 g/mol. The molecule has 8 heteroatoms. The Kier molecular flexibility index (Phi) is 9.51. The molecule has 0 aromatic heterocycles. The fraction of sp³-hybridized carbons (Fsp3) is 0.586. The molecule has 2 heterocycles. The van der Waals surface area contributed by atoms with Gasteiger partial charge in [-0.15, -0.1) is 0 Å². The monoisotopic (exact) mass is 529 g/mol. The SMILES string of the molecule is CCCCC[C@H](C)N1C[C@@H](COCc2ccccc2)Oc2cc(N3CC[C@@H](N(C)C)C3)ccc2S1(=O)=O. The van der Waals surface area contributed by atoms with E-state index in [1.165, 1.54) is 0 Å². The summed E-state index contributed by atoms with van der Waals surface area (Å²) >= 11 is 0. The first-order valence-corrected chi connectivity index (χ1v) is 15.1. The third kappa shape index (κ3) is 6.85. The van der Waals surface area contributed by atoms with Crippen molar-refractivity contribution >= 4 is 15.7 Å². The average molecular weight is 530 g/mol. The number of fused-ring (bicyclic) bond motifs is 1. The highest BCUT2D eigenvalue weighted by atomic mass is 32.2. The van der Waals surface area contributed by atoms with E-state index in [1.807, 2.05) is 49.4 Å². The second-order valence-corrected chi connectivity index (χ2v) is 12.5. The minimum Gasteiger partial charge on any atom is -0.485 e. The van der Waals surface area contributed by atoms with E-state index < -0.39 is 16.1 Å². The summed E-state index contributed by atoms with van der Waals surface area (Å²) in [5, 5.41) is 0. The summed E-state index contributed by atoms with van der Waals surface area (Å²) in [6.45, 7) is 7.10. The second-order valence-electron chi connectivity index (χ2n) is 10.6. The summed E-state index contributed by atoms with van der Waals surface area (Å²) in [7, 11) is 0.512. The molecule has 2 aliphatic heterocycles. The van der Waals surface area contributed by atoms with Crippen LogP contribution in [0, 0.1) is 0 Å². The molecule has 0 saturated carbocycles. The van der Waals surface area contributed by atoms with Crippen molar-refractivity contribution in [3.63, 3.8) is 0 Å². The van der Waals surface area contributed by atoms with E-state index in [0.29, 0.717) is 25.0 Å². The molecule has 0 radical (unpaired) electrons. The van der Waals surface area contributed by atoms with Crippen LogP contribution in [0.4, 0.5) is 5.69 Å². The van der Waals surface area contributed by atoms with Gasteiger partial charge in [-0.05, 0) is 51.6 Å². The maximum atomic E-state index is 13.9. The van der Waals surface area contributed by atoms with Crippen LogP contribution in [0.5, 0.6) is 5.75 Å². The number of nitrogens with zero attached hydrogens (tertiary/aromatic N) is 3. The molecule has 4 rings (SSSR count). The molecule has 0 aliphatic carbocycles. The number of sulfonamides is 1. The van der Waals surface area contributed by atoms with Gasteiger partial charge in [0, 0.05) is 36.9 Å². The number of ether oxygens (including phenoxy) is 2. The van der Waals surface area contributed by atoms with Crippen molar-refractivity contribution in [2.75, 3.05) is 45.2 Å². The highest BCUT2D eigenvalue weighted by Crippen LogP contribution is 2.37. The molecule has 37 heavy (non-hydrogen) atoms. The molecule has 0 bridgehead atoms. The van der Waals surface area contributed by atoms with Crippen LogP contribution in [-0.4, -0.2) is 76.1 Å². The number of hydrogen-bond donors (Lipinski definition) is 0. The molecule has 3 atom stereocenters. The zero-order valence-corrected chi connectivity index (χ0v) is 23.6. The van der Waals surface area contributed by atoms with E-state index in [4.69, 9.17) is 9.47 Å². The third-order valence-corrected chi connectivity index (χ3v) is 9.60. The normalized spacial score (nSPS) is 22.5. The molecule has 2 aliphatic rings. The van der Waals surface area contributed by atoms with Crippen molar-refractivity contribution in [3.05, 3.63) is 54.1 Å². The van der Waals surface area contributed by atoms with E-state index in [9.17, 15) is 8.42 Å². The van der Waals surface area contributed by atoms with E-state index >= 15 is 0 Å². The Morgan fingerprint density at radius 3 is 2.59 bits per heavy atom. The fourth-order valence-electron chi connectivity index (χ4n) is 5.26. The van der Waals surface area contributed by atoms with Gasteiger partial charge in [0.15, 0.2) is 0 Å². The van der Waals surface area contributed by atoms with Crippen LogP contribution in [0.3, 0.4) is 0 Å². The summed E-state index contributed by atoms with van der Waals surface area (Å²) in [5.74, 6) is 0.433. The van der Waals surface area contributed by atoms with Crippen LogP contribution in [0.15, 0.2) is 53.4 Å². The molecular formula is C29H43N3O4S. The molecule has 7 nitrogen and oxygen atoms in total. The van der Waals surface area contributed by atoms with Crippen molar-refractivity contribution in [1.29, 1.82) is 0 Å². The summed E-state index contributed by atoms with van der Waals surface area (Å²) in [4.78, 5) is 4.83. The Hall–Kier alpha value is -2.13. The quantitative estimate of drug-likeness (QED) is 0.391. The first-order valence-electron chi connectivity index (χ1n) is 13.6. The van der Waals surface area contributed by atoms with Crippen molar-refractivity contribution in [2.45, 2.75) is 75.6 Å². The molecule has 1 fully saturated rings. The smallest absolute Gasteiger partial charge is 0.247 e. The Labute approximate surface area is 223 Å². The van der Waals surface area contributed by atoms with Gasteiger partial charge in [-0.3, -0.25) is 0 Å². The van der Waals surface area contributed by atoms with Crippen molar-refractivity contribution < 1.29 is 17.9 Å². The zero-order valence-electron chi connectivity index (χ0n) is 22.8. The van der Waals surface area contributed by atoms with E-state index in [1.54, 1.807) is 10.4 Å². The van der Waals surface area contributed by atoms with Gasteiger partial charge in [-0.1, -0.05) is 56.5 Å². The molecule has 2 aromatic carbocycles. The summed E-state index contributed by atoms with van der Waals surface area (Å²) < 4.78 is 41.9. The molecule has 2 aromatic rings. The molecule has 0 spiro atoms. The van der Waals surface area contributed by atoms with Gasteiger partial charge in [-0.25, -0.2) is 8.42 Å². The van der Waals surface area contributed by atoms with Crippen LogP contribution >= 0.6 is 0 Å². The van der Waals surface area contributed by atoms with Crippen LogP contribution < -0.4 is 9.64 Å². The van der Waals surface area contributed by atoms with Crippen LogP contribution in [-0.2, 0) is 21.4 Å². The summed E-state index contributed by atoms with van der Waals surface area (Å²) in [6.07, 6.45) is 4.74. The van der Waals surface area contributed by atoms with Crippen molar-refractivity contribution in [1.82, 2.24) is 9.21 Å². The van der Waals surface area contributed by atoms with E-state index in [-0.39, 0.29) is 17.5 Å². The maximum absolute atomic E-state index is 13.9. The number of hydrogen-bond acceptors (Lipinski definition) is 6. The topological polar surface area (TPSA) is 62.3 Å². The lowest BCUT2D eigenvalue weighted by atomic mass is 10.1. The summed E-state index contributed by atoms with van der Waals surface area (Å²) in [6, 6.07) is 16.0. The molecule has 0 unspecified atom stereocenters. The molecule has 0 N–H and O–H groups in total. The number of anilines is 1. The standard InChI is InChI=1S/C29H43N3O4S/c1-5-6-8-11-23(2)32-20-27(22-35-21-24-12-9-7-10-13-24)36-28-18-25(14-15-29(28)37(32,33)34)31-17-16-26(19-31)30(3)4/h7,9-10,12-15,18,23,26-27H,5-6,8,11,16-17,19-22H2,1-4H3/t23-,26+,27-/m0/s1. The molecule has 204 valence electrons. The molecule has 0 amide bonds. The van der Waals surface area contributed by atoms with E-state index in [2.05, 4.69) is 30.8 Å². The number of benzene rings is 2. The van der Waals surface area contributed by atoms with Gasteiger partial charge in [0.05, 0.1) is 19.8 Å². The first-order chi connectivity index (χ1) is 17.8. The second kappa shape index (κ2) is 12.6. The van der Waals surface area contributed by atoms with Gasteiger partial charge in [0.25, 0.3) is 0 Å². The highest BCUT2D eigenvalue weighted by Gasteiger charge is 2.38. The minimum atomic E-state index is -3.70. The Morgan fingerprint density at radius 2 is 1.89 bits per heavy atom. The molecule has 1 saturated heterocycles. The van der Waals surface area contributed by atoms with Crippen LogP contribution in [0.2, 0.25) is 0 Å². The highest BCUT2D eigenvalue weighted by molar-refractivity contribution is 7.89. The lowest BCUT2D eigenvalue weighted by molar-refractivity contribution is 0.0310. The lowest BCUT2D eigenvalue weighted by Crippen LogP contribution is -2.44. The maximum Gasteiger partial charge on any atom is 0.247 e. The number of rotatable bonds is 11. The van der Waals surface area contributed by atoms with Crippen LogP contribution in [0.25, 0.3) is 0 Å². The zero-order chi connectivity index (χ0) is 26.4. The largest absolute Gasteiger partial charge is 0.485 e. The van der Waals surface area contributed by atoms with Crippen molar-refractivity contribution in [3.8, 4) is 5.75 Å². The fourth-order valence-corrected chi connectivity index (χ4v) is 7.05.